The average Bonchev–Trinajstić information content (AvgIpc) is 2.42. The summed E-state index contributed by atoms with van der Waals surface area (Å²) in [6.07, 6.45) is 0. The van der Waals surface area contributed by atoms with Crippen LogP contribution in [0.4, 0.5) is 0 Å². The molecule has 1 heterocycles. The Balaban J connectivity index is 1.92. The van der Waals surface area contributed by atoms with Crippen molar-refractivity contribution in [2.24, 2.45) is 0 Å². The van der Waals surface area contributed by atoms with Gasteiger partial charge in [0.2, 0.25) is 0 Å². The van der Waals surface area contributed by atoms with Gasteiger partial charge in [0, 0.05) is 0 Å². The van der Waals surface area contributed by atoms with Crippen molar-refractivity contribution < 1.29 is 9.47 Å². The van der Waals surface area contributed by atoms with E-state index in [2.05, 4.69) is 12.1 Å². The van der Waals surface area contributed by atoms with Crippen molar-refractivity contribution in [1.29, 1.82) is 0 Å². The van der Waals surface area contributed by atoms with Gasteiger partial charge in [0.15, 0.2) is 23.0 Å². The minimum Gasteiger partial charge on any atom is -0.449 e. The van der Waals surface area contributed by atoms with E-state index in [0.29, 0.717) is 0 Å². The molecule has 0 N–H and O–H groups in total. The fourth-order valence-electron chi connectivity index (χ4n) is 2.21. The summed E-state index contributed by atoms with van der Waals surface area (Å²) >= 11 is 0. The summed E-state index contributed by atoms with van der Waals surface area (Å²) in [4.78, 5) is 0. The Morgan fingerprint density at radius 1 is 0.500 bits per heavy atom. The Morgan fingerprint density at radius 3 is 1.44 bits per heavy atom. The molecule has 1 aliphatic heterocycles. The number of ether oxygens (including phenoxy) is 2. The Morgan fingerprint density at radius 2 is 0.944 bits per heavy atom. The molecule has 0 unspecified atom stereocenters. The molecule has 2 heteroatoms. The van der Waals surface area contributed by atoms with Crippen molar-refractivity contribution in [2.45, 2.75) is 0 Å². The molecular formula is C16H10O2. The van der Waals surface area contributed by atoms with Crippen LogP contribution >= 0.6 is 0 Å². The Hall–Kier alpha value is -2.48. The van der Waals surface area contributed by atoms with Crippen LogP contribution in [0.25, 0.3) is 10.8 Å². The topological polar surface area (TPSA) is 18.5 Å². The Labute approximate surface area is 104 Å². The number of fused-ring (bicyclic) bond motifs is 3. The maximum Gasteiger partial charge on any atom is 0.170 e. The molecule has 2 nitrogen and oxygen atoms in total. The van der Waals surface area contributed by atoms with Crippen LogP contribution < -0.4 is 9.47 Å². The molecule has 0 amide bonds. The first-order valence-corrected chi connectivity index (χ1v) is 5.88. The third-order valence-electron chi connectivity index (χ3n) is 3.10. The smallest absolute Gasteiger partial charge is 0.170 e. The predicted octanol–water partition coefficient (Wildman–Crippen LogP) is 4.74. The van der Waals surface area contributed by atoms with Crippen molar-refractivity contribution in [1.82, 2.24) is 0 Å². The third-order valence-corrected chi connectivity index (χ3v) is 3.10. The van der Waals surface area contributed by atoms with Gasteiger partial charge in [-0.15, -0.1) is 0 Å². The molecule has 0 atom stereocenters. The monoisotopic (exact) mass is 234 g/mol. The highest BCUT2D eigenvalue weighted by molar-refractivity contribution is 5.86. The van der Waals surface area contributed by atoms with Gasteiger partial charge in [0.1, 0.15) is 0 Å². The predicted molar refractivity (Wildman–Crippen MR) is 70.5 cm³/mol. The summed E-state index contributed by atoms with van der Waals surface area (Å²) in [5.74, 6) is 3.07. The molecule has 1 aliphatic rings. The maximum absolute atomic E-state index is 5.86. The summed E-state index contributed by atoms with van der Waals surface area (Å²) in [7, 11) is 0. The van der Waals surface area contributed by atoms with Gasteiger partial charge in [-0.25, -0.2) is 0 Å². The summed E-state index contributed by atoms with van der Waals surface area (Å²) in [5.41, 5.74) is 0. The zero-order valence-electron chi connectivity index (χ0n) is 9.59. The minimum atomic E-state index is 0.764. The highest BCUT2D eigenvalue weighted by Gasteiger charge is 2.18. The lowest BCUT2D eigenvalue weighted by Gasteiger charge is -2.20. The van der Waals surface area contributed by atoms with Gasteiger partial charge in [-0.3, -0.25) is 0 Å². The quantitative estimate of drug-likeness (QED) is 0.437. The largest absolute Gasteiger partial charge is 0.449 e. The average molecular weight is 234 g/mol. The van der Waals surface area contributed by atoms with Gasteiger partial charge >= 0.3 is 0 Å². The molecule has 0 saturated carbocycles. The van der Waals surface area contributed by atoms with Gasteiger partial charge in [0.25, 0.3) is 0 Å². The number of hydrogen-bond donors (Lipinski definition) is 0. The van der Waals surface area contributed by atoms with Crippen LogP contribution in [0, 0.1) is 0 Å². The van der Waals surface area contributed by atoms with Gasteiger partial charge in [-0.1, -0.05) is 36.4 Å². The van der Waals surface area contributed by atoms with Crippen LogP contribution in [-0.4, -0.2) is 0 Å². The molecule has 86 valence electrons. The molecule has 0 aromatic heterocycles. The normalized spacial score (nSPS) is 12.2. The van der Waals surface area contributed by atoms with Gasteiger partial charge in [0.05, 0.1) is 0 Å². The van der Waals surface area contributed by atoms with E-state index in [-0.39, 0.29) is 0 Å². The van der Waals surface area contributed by atoms with E-state index >= 15 is 0 Å². The van der Waals surface area contributed by atoms with Gasteiger partial charge in [-0.05, 0) is 35.0 Å². The fourth-order valence-corrected chi connectivity index (χ4v) is 2.21. The number of hydrogen-bond acceptors (Lipinski definition) is 2. The van der Waals surface area contributed by atoms with Crippen LogP contribution in [0.1, 0.15) is 0 Å². The standard InChI is InChI=1S/C16H10O2/c1-2-6-12-10-16-15(9-11(12)5-1)17-13-7-3-4-8-14(13)18-16/h1-10H. The summed E-state index contributed by atoms with van der Waals surface area (Å²) in [6.45, 7) is 0. The number of rotatable bonds is 0. The molecule has 0 radical (unpaired) electrons. The van der Waals surface area contributed by atoms with E-state index in [1.165, 1.54) is 0 Å². The second-order valence-corrected chi connectivity index (χ2v) is 4.30. The number of para-hydroxylation sites is 2. The molecule has 0 bridgehead atoms. The van der Waals surface area contributed by atoms with Crippen molar-refractivity contribution in [3.05, 3.63) is 60.7 Å². The lowest BCUT2D eigenvalue weighted by Crippen LogP contribution is -1.98. The van der Waals surface area contributed by atoms with Crippen LogP contribution in [-0.2, 0) is 0 Å². The molecule has 0 fully saturated rings. The molecule has 0 saturated heterocycles. The van der Waals surface area contributed by atoms with Crippen LogP contribution in [0.15, 0.2) is 60.7 Å². The Bertz CT molecular complexity index is 683. The van der Waals surface area contributed by atoms with Crippen molar-refractivity contribution in [2.75, 3.05) is 0 Å². The van der Waals surface area contributed by atoms with Crippen LogP contribution in [0.3, 0.4) is 0 Å². The summed E-state index contributed by atoms with van der Waals surface area (Å²) in [6, 6.07) is 19.9. The molecule has 0 spiro atoms. The van der Waals surface area contributed by atoms with E-state index < -0.39 is 0 Å². The van der Waals surface area contributed by atoms with Gasteiger partial charge in [-0.2, -0.15) is 0 Å². The minimum absolute atomic E-state index is 0.764. The second-order valence-electron chi connectivity index (χ2n) is 4.30. The molecular weight excluding hydrogens is 224 g/mol. The summed E-state index contributed by atoms with van der Waals surface area (Å²) in [5, 5.41) is 2.30. The van der Waals surface area contributed by atoms with Crippen molar-refractivity contribution >= 4 is 10.8 Å². The van der Waals surface area contributed by atoms with E-state index in [9.17, 15) is 0 Å². The van der Waals surface area contributed by atoms with Crippen LogP contribution in [0.5, 0.6) is 23.0 Å². The Kier molecular flexibility index (Phi) is 1.86. The molecule has 3 aromatic rings. The second kappa shape index (κ2) is 3.50. The van der Waals surface area contributed by atoms with Crippen molar-refractivity contribution in [3.8, 4) is 23.0 Å². The highest BCUT2D eigenvalue weighted by atomic mass is 16.6. The fraction of sp³-hybridized carbons (Fsp3) is 0. The first kappa shape index (κ1) is 9.54. The summed E-state index contributed by atoms with van der Waals surface area (Å²) < 4.78 is 11.7. The molecule has 18 heavy (non-hydrogen) atoms. The highest BCUT2D eigenvalue weighted by Crippen LogP contribution is 2.46. The van der Waals surface area contributed by atoms with Crippen molar-refractivity contribution in [3.63, 3.8) is 0 Å². The van der Waals surface area contributed by atoms with E-state index in [1.807, 2.05) is 48.5 Å². The number of benzene rings is 3. The molecule has 4 rings (SSSR count). The first-order chi connectivity index (χ1) is 8.90. The third kappa shape index (κ3) is 1.36. The van der Waals surface area contributed by atoms with Crippen LogP contribution in [0.2, 0.25) is 0 Å². The zero-order chi connectivity index (χ0) is 11.9. The zero-order valence-corrected chi connectivity index (χ0v) is 9.59. The van der Waals surface area contributed by atoms with Gasteiger partial charge < -0.3 is 9.47 Å². The van der Waals surface area contributed by atoms with E-state index in [4.69, 9.17) is 9.47 Å². The SMILES string of the molecule is c1ccc2c(c1)Oc1cc3ccccc3cc1O2. The lowest BCUT2D eigenvalue weighted by atomic mass is 10.1. The van der Waals surface area contributed by atoms with E-state index in [1.54, 1.807) is 0 Å². The first-order valence-electron chi connectivity index (χ1n) is 5.88. The maximum atomic E-state index is 5.86. The molecule has 0 aliphatic carbocycles. The molecule has 3 aromatic carbocycles. The van der Waals surface area contributed by atoms with E-state index in [0.717, 1.165) is 33.8 Å². The lowest BCUT2D eigenvalue weighted by molar-refractivity contribution is 0.360.